The van der Waals surface area contributed by atoms with E-state index in [-0.39, 0.29) is 12.0 Å². The molecular formula is C11H17N3O2S. The fourth-order valence-electron chi connectivity index (χ4n) is 1.91. The minimum atomic E-state index is -0.0731. The molecule has 1 aromatic heterocycles. The number of hydrogen-bond acceptors (Lipinski definition) is 5. The van der Waals surface area contributed by atoms with Crippen LogP contribution in [0.25, 0.3) is 0 Å². The van der Waals surface area contributed by atoms with Gasteiger partial charge in [-0.15, -0.1) is 0 Å². The van der Waals surface area contributed by atoms with Gasteiger partial charge in [-0.2, -0.15) is 4.37 Å². The lowest BCUT2D eigenvalue weighted by Gasteiger charge is -2.11. The van der Waals surface area contributed by atoms with E-state index in [1.54, 1.807) is 7.05 Å². The van der Waals surface area contributed by atoms with Crippen molar-refractivity contribution in [3.63, 3.8) is 0 Å². The molecule has 1 fully saturated rings. The number of carbonyl (C=O) groups excluding carboxylic acids is 1. The van der Waals surface area contributed by atoms with Gasteiger partial charge in [-0.3, -0.25) is 4.79 Å². The van der Waals surface area contributed by atoms with Crippen LogP contribution < -0.4 is 10.6 Å². The van der Waals surface area contributed by atoms with Gasteiger partial charge in [0.05, 0.1) is 17.4 Å². The van der Waals surface area contributed by atoms with Crippen LogP contribution >= 0.6 is 11.5 Å². The third-order valence-electron chi connectivity index (χ3n) is 2.83. The first kappa shape index (κ1) is 12.3. The summed E-state index contributed by atoms with van der Waals surface area (Å²) in [6, 6.07) is 0. The molecule has 1 aliphatic heterocycles. The highest BCUT2D eigenvalue weighted by molar-refractivity contribution is 7.10. The van der Waals surface area contributed by atoms with Crippen LogP contribution in [-0.2, 0) is 4.74 Å². The molecule has 94 valence electrons. The van der Waals surface area contributed by atoms with Crippen molar-refractivity contribution in [3.05, 3.63) is 11.3 Å². The van der Waals surface area contributed by atoms with Crippen molar-refractivity contribution in [1.82, 2.24) is 9.69 Å². The van der Waals surface area contributed by atoms with Crippen molar-refractivity contribution in [1.29, 1.82) is 0 Å². The highest BCUT2D eigenvalue weighted by atomic mass is 32.1. The van der Waals surface area contributed by atoms with E-state index in [0.717, 1.165) is 30.1 Å². The third kappa shape index (κ3) is 2.76. The molecule has 17 heavy (non-hydrogen) atoms. The maximum absolute atomic E-state index is 12.0. The third-order valence-corrected chi connectivity index (χ3v) is 3.79. The normalized spacial score (nSPS) is 19.3. The zero-order valence-electron chi connectivity index (χ0n) is 10.1. The number of nitrogens with one attached hydrogen (secondary N) is 2. The van der Waals surface area contributed by atoms with Crippen LogP contribution in [0.4, 0.5) is 5.00 Å². The zero-order valence-corrected chi connectivity index (χ0v) is 10.9. The Bertz CT molecular complexity index is 399. The number of nitrogens with zero attached hydrogens (tertiary/aromatic N) is 1. The first-order chi connectivity index (χ1) is 8.22. The fraction of sp³-hybridized carbons (Fsp3) is 0.636. The molecule has 2 N–H and O–H groups in total. The van der Waals surface area contributed by atoms with Gasteiger partial charge in [0, 0.05) is 20.2 Å². The summed E-state index contributed by atoms with van der Waals surface area (Å²) in [6.07, 6.45) is 2.28. The summed E-state index contributed by atoms with van der Waals surface area (Å²) >= 11 is 1.31. The van der Waals surface area contributed by atoms with Gasteiger partial charge in [0.2, 0.25) is 0 Å². The molecular weight excluding hydrogens is 238 g/mol. The second-order valence-electron chi connectivity index (χ2n) is 4.07. The Hall–Kier alpha value is -1.14. The van der Waals surface area contributed by atoms with E-state index < -0.39 is 0 Å². The summed E-state index contributed by atoms with van der Waals surface area (Å²) in [5, 5.41) is 6.71. The molecule has 0 radical (unpaired) electrons. The van der Waals surface area contributed by atoms with E-state index in [4.69, 9.17) is 4.74 Å². The SMILES string of the molecule is CNc1snc(C)c1C(=O)NC[C@@H]1CCCO1. The number of aromatic nitrogens is 1. The van der Waals surface area contributed by atoms with Gasteiger partial charge in [-0.1, -0.05) is 0 Å². The monoisotopic (exact) mass is 255 g/mol. The molecule has 2 rings (SSSR count). The van der Waals surface area contributed by atoms with E-state index in [1.165, 1.54) is 11.5 Å². The van der Waals surface area contributed by atoms with Crippen molar-refractivity contribution in [2.75, 3.05) is 25.5 Å². The van der Waals surface area contributed by atoms with Crippen LogP contribution in [0.1, 0.15) is 28.9 Å². The van der Waals surface area contributed by atoms with Crippen molar-refractivity contribution in [3.8, 4) is 0 Å². The topological polar surface area (TPSA) is 63.2 Å². The largest absolute Gasteiger partial charge is 0.378 e. The van der Waals surface area contributed by atoms with Crippen LogP contribution in [0.15, 0.2) is 0 Å². The molecule has 1 saturated heterocycles. The summed E-state index contributed by atoms with van der Waals surface area (Å²) in [5.41, 5.74) is 1.42. The molecule has 0 spiro atoms. The van der Waals surface area contributed by atoms with Crippen molar-refractivity contribution < 1.29 is 9.53 Å². The fourth-order valence-corrected chi connectivity index (χ4v) is 2.65. The van der Waals surface area contributed by atoms with E-state index >= 15 is 0 Å². The summed E-state index contributed by atoms with van der Waals surface area (Å²) in [6.45, 7) is 3.23. The smallest absolute Gasteiger partial charge is 0.256 e. The van der Waals surface area contributed by atoms with E-state index in [1.807, 2.05) is 6.92 Å². The number of anilines is 1. The molecule has 0 aliphatic carbocycles. The molecule has 1 amide bonds. The highest BCUT2D eigenvalue weighted by Crippen LogP contribution is 2.23. The van der Waals surface area contributed by atoms with Crippen molar-refractivity contribution in [2.24, 2.45) is 0 Å². The Morgan fingerprint density at radius 1 is 1.65 bits per heavy atom. The van der Waals surface area contributed by atoms with Gasteiger partial charge in [0.1, 0.15) is 5.00 Å². The molecule has 0 unspecified atom stereocenters. The van der Waals surface area contributed by atoms with Gasteiger partial charge in [0.25, 0.3) is 5.91 Å². The van der Waals surface area contributed by atoms with Crippen LogP contribution in [0.5, 0.6) is 0 Å². The maximum Gasteiger partial charge on any atom is 0.256 e. The quantitative estimate of drug-likeness (QED) is 0.853. The number of hydrogen-bond donors (Lipinski definition) is 2. The minimum Gasteiger partial charge on any atom is -0.378 e. The summed E-state index contributed by atoms with van der Waals surface area (Å²) in [7, 11) is 1.80. The number of rotatable bonds is 4. The second-order valence-corrected chi connectivity index (χ2v) is 4.84. The average Bonchev–Trinajstić information content (AvgIpc) is 2.94. The first-order valence-corrected chi connectivity index (χ1v) is 6.53. The zero-order chi connectivity index (χ0) is 12.3. The van der Waals surface area contributed by atoms with Gasteiger partial charge in [-0.05, 0) is 31.3 Å². The lowest BCUT2D eigenvalue weighted by Crippen LogP contribution is -2.32. The lowest BCUT2D eigenvalue weighted by molar-refractivity contribution is 0.0858. The standard InChI is InChI=1S/C11H17N3O2S/c1-7-9(11(12-2)17-14-7)10(15)13-6-8-4-3-5-16-8/h8,12H,3-6H2,1-2H3,(H,13,15)/t8-/m0/s1. The number of carbonyl (C=O) groups is 1. The number of amides is 1. The molecule has 0 saturated carbocycles. The average molecular weight is 255 g/mol. The van der Waals surface area contributed by atoms with Gasteiger partial charge >= 0.3 is 0 Å². The molecule has 2 heterocycles. The summed E-state index contributed by atoms with van der Waals surface area (Å²) in [4.78, 5) is 12.0. The Morgan fingerprint density at radius 3 is 3.12 bits per heavy atom. The Morgan fingerprint density at radius 2 is 2.47 bits per heavy atom. The number of aryl methyl sites for hydroxylation is 1. The van der Waals surface area contributed by atoms with Crippen LogP contribution in [0.3, 0.4) is 0 Å². The van der Waals surface area contributed by atoms with E-state index in [9.17, 15) is 4.79 Å². The van der Waals surface area contributed by atoms with Gasteiger partial charge in [0.15, 0.2) is 0 Å². The van der Waals surface area contributed by atoms with Crippen molar-refractivity contribution >= 4 is 22.4 Å². The van der Waals surface area contributed by atoms with E-state index in [0.29, 0.717) is 12.1 Å². The Kier molecular flexibility index (Phi) is 3.96. The van der Waals surface area contributed by atoms with E-state index in [2.05, 4.69) is 15.0 Å². The molecule has 1 atom stereocenters. The van der Waals surface area contributed by atoms with Crippen LogP contribution in [0.2, 0.25) is 0 Å². The summed E-state index contributed by atoms with van der Waals surface area (Å²) < 4.78 is 9.64. The first-order valence-electron chi connectivity index (χ1n) is 5.76. The highest BCUT2D eigenvalue weighted by Gasteiger charge is 2.20. The van der Waals surface area contributed by atoms with Crippen LogP contribution in [0, 0.1) is 6.92 Å². The maximum atomic E-state index is 12.0. The predicted molar refractivity (Wildman–Crippen MR) is 67.7 cm³/mol. The van der Waals surface area contributed by atoms with Gasteiger partial charge < -0.3 is 15.4 Å². The predicted octanol–water partition coefficient (Wildman–Crippen LogP) is 1.40. The number of ether oxygens (including phenoxy) is 1. The molecule has 6 heteroatoms. The minimum absolute atomic E-state index is 0.0731. The summed E-state index contributed by atoms with van der Waals surface area (Å²) in [5.74, 6) is -0.0731. The molecule has 1 aromatic rings. The molecule has 1 aliphatic rings. The Balaban J connectivity index is 1.96. The Labute approximate surface area is 105 Å². The van der Waals surface area contributed by atoms with Crippen molar-refractivity contribution in [2.45, 2.75) is 25.9 Å². The second kappa shape index (κ2) is 5.46. The molecule has 0 aromatic carbocycles. The lowest BCUT2D eigenvalue weighted by atomic mass is 10.2. The molecule has 5 nitrogen and oxygen atoms in total. The van der Waals surface area contributed by atoms with Gasteiger partial charge in [-0.25, -0.2) is 0 Å². The van der Waals surface area contributed by atoms with Crippen LogP contribution in [-0.4, -0.2) is 36.6 Å². The molecule has 0 bridgehead atoms.